The molecule has 8 atom stereocenters. The third-order valence-electron chi connectivity index (χ3n) is 8.54. The van der Waals surface area contributed by atoms with E-state index in [0.29, 0.717) is 10.7 Å². The van der Waals surface area contributed by atoms with Crippen molar-refractivity contribution in [1.29, 1.82) is 0 Å². The number of hydrogen-bond donors (Lipinski definition) is 1. The molecule has 0 saturated carbocycles. The van der Waals surface area contributed by atoms with E-state index in [4.69, 9.17) is 16.3 Å². The third-order valence-corrected chi connectivity index (χ3v) is 10.9. The van der Waals surface area contributed by atoms with Gasteiger partial charge in [-0.05, 0) is 49.4 Å². The van der Waals surface area contributed by atoms with E-state index in [1.807, 2.05) is 13.8 Å². The van der Waals surface area contributed by atoms with E-state index in [9.17, 15) is 19.5 Å². The summed E-state index contributed by atoms with van der Waals surface area (Å²) in [6, 6.07) is 5.63. The summed E-state index contributed by atoms with van der Waals surface area (Å²) in [6.45, 7) is 11.9. The van der Waals surface area contributed by atoms with Gasteiger partial charge >= 0.3 is 5.97 Å². The maximum absolute atomic E-state index is 14.6. The molecule has 7 nitrogen and oxygen atoms in total. The van der Waals surface area contributed by atoms with Gasteiger partial charge < -0.3 is 19.6 Å². The Kier molecular flexibility index (Phi) is 8.31. The maximum atomic E-state index is 14.6. The first-order chi connectivity index (χ1) is 17.7. The Hall–Kier alpha value is -2.03. The number of amides is 2. The minimum atomic E-state index is -0.837. The third kappa shape index (κ3) is 4.39. The highest BCUT2D eigenvalue weighted by atomic mass is 35.5. The van der Waals surface area contributed by atoms with E-state index in [0.717, 1.165) is 12.8 Å². The molecule has 3 heterocycles. The van der Waals surface area contributed by atoms with Gasteiger partial charge in [0.1, 0.15) is 6.04 Å². The molecule has 1 spiro atoms. The van der Waals surface area contributed by atoms with Crippen molar-refractivity contribution in [2.24, 2.45) is 23.7 Å². The fraction of sp³-hybridized carbons (Fsp3) is 0.607. The maximum Gasteiger partial charge on any atom is 0.310 e. The van der Waals surface area contributed by atoms with Crippen LogP contribution < -0.4 is 4.90 Å². The molecule has 3 aliphatic rings. The van der Waals surface area contributed by atoms with Crippen LogP contribution in [0.4, 0.5) is 5.69 Å². The summed E-state index contributed by atoms with van der Waals surface area (Å²) in [4.78, 5) is 45.4. The molecule has 4 rings (SSSR count). The number of anilines is 1. The molecular weight excluding hydrogens is 512 g/mol. The van der Waals surface area contributed by atoms with Crippen LogP contribution in [-0.4, -0.2) is 69.6 Å². The average molecular weight is 549 g/mol. The van der Waals surface area contributed by atoms with Gasteiger partial charge in [0.15, 0.2) is 0 Å². The van der Waals surface area contributed by atoms with Gasteiger partial charge in [-0.25, -0.2) is 0 Å². The van der Waals surface area contributed by atoms with Crippen LogP contribution in [-0.2, 0) is 19.1 Å². The lowest BCUT2D eigenvalue weighted by molar-refractivity contribution is -0.154. The second-order valence-electron chi connectivity index (χ2n) is 10.4. The smallest absolute Gasteiger partial charge is 0.310 e. The van der Waals surface area contributed by atoms with Crippen molar-refractivity contribution >= 4 is 46.8 Å². The van der Waals surface area contributed by atoms with E-state index in [2.05, 4.69) is 13.5 Å². The predicted octanol–water partition coefficient (Wildman–Crippen LogP) is 4.17. The van der Waals surface area contributed by atoms with Gasteiger partial charge in [-0.1, -0.05) is 44.9 Å². The van der Waals surface area contributed by atoms with E-state index in [1.165, 1.54) is 0 Å². The molecule has 3 fully saturated rings. The van der Waals surface area contributed by atoms with Crippen LogP contribution in [0.2, 0.25) is 5.02 Å². The number of nitrogens with zero attached hydrogens (tertiary/aromatic N) is 2. The first-order valence-corrected chi connectivity index (χ1v) is 14.4. The fourth-order valence-electron chi connectivity index (χ4n) is 6.64. The number of halogens is 1. The lowest BCUT2D eigenvalue weighted by Crippen LogP contribution is -2.60. The molecule has 9 heteroatoms. The molecule has 0 radical (unpaired) electrons. The minimum Gasteiger partial charge on any atom is -0.466 e. The Morgan fingerprint density at radius 1 is 1.35 bits per heavy atom. The summed E-state index contributed by atoms with van der Waals surface area (Å²) in [5.74, 6) is -2.13. The number of hydrogen-bond acceptors (Lipinski definition) is 6. The van der Waals surface area contributed by atoms with E-state index < -0.39 is 28.7 Å². The lowest BCUT2D eigenvalue weighted by atomic mass is 9.66. The molecule has 1 aromatic carbocycles. The minimum absolute atomic E-state index is 0.0214. The van der Waals surface area contributed by atoms with Crippen LogP contribution in [0, 0.1) is 23.7 Å². The van der Waals surface area contributed by atoms with Crippen molar-refractivity contribution in [3.05, 3.63) is 41.9 Å². The number of esters is 1. The molecule has 2 amide bonds. The highest BCUT2D eigenvalue weighted by Gasteiger charge is 2.77. The number of rotatable bonds is 10. The Morgan fingerprint density at radius 2 is 2.03 bits per heavy atom. The van der Waals surface area contributed by atoms with Crippen molar-refractivity contribution in [3.63, 3.8) is 0 Å². The van der Waals surface area contributed by atoms with Crippen molar-refractivity contribution in [2.75, 3.05) is 24.7 Å². The zero-order chi connectivity index (χ0) is 27.1. The molecule has 0 aliphatic carbocycles. The summed E-state index contributed by atoms with van der Waals surface area (Å²) in [5.41, 5.74) is 0.651. The number of aliphatic hydroxyl groups is 1. The first kappa shape index (κ1) is 28.0. The number of likely N-dealkylation sites (tertiary alicyclic amines) is 1. The van der Waals surface area contributed by atoms with Crippen molar-refractivity contribution in [1.82, 2.24) is 4.90 Å². The van der Waals surface area contributed by atoms with Gasteiger partial charge in [0, 0.05) is 22.5 Å². The second-order valence-corrected chi connectivity index (χ2v) is 12.4. The molecule has 1 N–H and O–H groups in total. The van der Waals surface area contributed by atoms with Crippen LogP contribution in [0.1, 0.15) is 40.5 Å². The van der Waals surface area contributed by atoms with Gasteiger partial charge in [0.25, 0.3) is 5.91 Å². The van der Waals surface area contributed by atoms with Crippen molar-refractivity contribution < 1.29 is 24.2 Å². The molecule has 0 aromatic heterocycles. The lowest BCUT2D eigenvalue weighted by Gasteiger charge is -2.43. The topological polar surface area (TPSA) is 87.2 Å². The summed E-state index contributed by atoms with van der Waals surface area (Å²) in [7, 11) is 0. The zero-order valence-corrected chi connectivity index (χ0v) is 23.5. The molecule has 202 valence electrons. The number of thioether (sulfide) groups is 1. The first-order valence-electron chi connectivity index (χ1n) is 13.1. The SMILES string of the molecule is C=CCN(C(=O)C1N([C@@H](CO)[C@@H](C)CC)C(=O)[C@@H]2[C@@H](C(=O)OCC)[C@H]3CC(C)C12S3)c1ccc(Cl)cc1. The largest absolute Gasteiger partial charge is 0.466 e. The number of benzene rings is 1. The summed E-state index contributed by atoms with van der Waals surface area (Å²) >= 11 is 7.72. The highest BCUT2D eigenvalue weighted by molar-refractivity contribution is 8.02. The van der Waals surface area contributed by atoms with Gasteiger partial charge in [0.2, 0.25) is 5.91 Å². The molecule has 2 bridgehead atoms. The predicted molar refractivity (Wildman–Crippen MR) is 146 cm³/mol. The van der Waals surface area contributed by atoms with Gasteiger partial charge in [0.05, 0.1) is 35.8 Å². The van der Waals surface area contributed by atoms with Gasteiger partial charge in [-0.3, -0.25) is 14.4 Å². The fourth-order valence-corrected chi connectivity index (χ4v) is 9.15. The number of carbonyl (C=O) groups is 3. The molecular formula is C28H37ClN2O5S. The van der Waals surface area contributed by atoms with Crippen LogP contribution in [0.25, 0.3) is 0 Å². The van der Waals surface area contributed by atoms with Crippen LogP contribution in [0.15, 0.2) is 36.9 Å². The Balaban J connectivity index is 1.87. The Morgan fingerprint density at radius 3 is 2.59 bits per heavy atom. The highest BCUT2D eigenvalue weighted by Crippen LogP contribution is 2.69. The molecule has 37 heavy (non-hydrogen) atoms. The molecule has 1 aromatic rings. The second kappa shape index (κ2) is 11.0. The Bertz CT molecular complexity index is 1050. The quantitative estimate of drug-likeness (QED) is 0.349. The van der Waals surface area contributed by atoms with Crippen molar-refractivity contribution in [3.8, 4) is 0 Å². The summed E-state index contributed by atoms with van der Waals surface area (Å²) in [5, 5.41) is 11.0. The average Bonchev–Trinajstić information content (AvgIpc) is 3.47. The Labute approximate surface area is 228 Å². The van der Waals surface area contributed by atoms with Crippen LogP contribution in [0.5, 0.6) is 0 Å². The van der Waals surface area contributed by atoms with Crippen molar-refractivity contribution in [2.45, 2.75) is 62.6 Å². The normalized spacial score (nSPS) is 31.7. The van der Waals surface area contributed by atoms with Crippen LogP contribution >= 0.6 is 23.4 Å². The van der Waals surface area contributed by atoms with E-state index in [1.54, 1.807) is 58.8 Å². The number of ether oxygens (including phenoxy) is 1. The van der Waals surface area contributed by atoms with E-state index in [-0.39, 0.29) is 54.6 Å². The monoisotopic (exact) mass is 548 g/mol. The standard InChI is InChI=1S/C28H37ClN2O5S/c1-6-13-30(19-11-9-18(29)10-12-19)26(34)24-28-17(5)14-21(37-28)22(27(35)36-8-3)23(28)25(33)31(24)20(15-32)16(4)7-2/h6,9-12,16-17,20-24,32H,1,7-8,13-15H2,2-5H3/t16-,17?,20-,21+,22-,23-,24?,28?/m0/s1. The van der Waals surface area contributed by atoms with E-state index >= 15 is 0 Å². The number of fused-ring (bicyclic) bond motifs is 1. The number of carbonyl (C=O) groups excluding carboxylic acids is 3. The number of aliphatic hydroxyl groups excluding tert-OH is 1. The van der Waals surface area contributed by atoms with Gasteiger partial charge in [-0.2, -0.15) is 0 Å². The molecule has 3 aliphatic heterocycles. The molecule has 3 saturated heterocycles. The summed E-state index contributed by atoms with van der Waals surface area (Å²) < 4.78 is 4.64. The summed E-state index contributed by atoms with van der Waals surface area (Å²) in [6.07, 6.45) is 3.11. The molecule has 3 unspecified atom stereocenters. The van der Waals surface area contributed by atoms with Crippen LogP contribution in [0.3, 0.4) is 0 Å². The zero-order valence-electron chi connectivity index (χ0n) is 21.9. The van der Waals surface area contributed by atoms with Gasteiger partial charge in [-0.15, -0.1) is 18.3 Å².